The maximum absolute atomic E-state index is 11.8. The van der Waals surface area contributed by atoms with Crippen molar-refractivity contribution in [3.63, 3.8) is 0 Å². The molecule has 0 aliphatic carbocycles. The summed E-state index contributed by atoms with van der Waals surface area (Å²) in [5.41, 5.74) is 0. The molecule has 2 heterocycles. The second-order valence-electron chi connectivity index (χ2n) is 4.09. The molecular formula is C10H18N2O2. The highest BCUT2D eigenvalue weighted by Gasteiger charge is 2.38. The summed E-state index contributed by atoms with van der Waals surface area (Å²) in [6, 6.07) is 0.885. The molecule has 14 heavy (non-hydrogen) atoms. The van der Waals surface area contributed by atoms with Crippen LogP contribution in [-0.4, -0.2) is 49.7 Å². The lowest BCUT2D eigenvalue weighted by Crippen LogP contribution is -2.54. The van der Waals surface area contributed by atoms with Crippen LogP contribution in [0.5, 0.6) is 0 Å². The first kappa shape index (κ1) is 9.93. The van der Waals surface area contributed by atoms with Crippen molar-refractivity contribution < 1.29 is 9.53 Å². The molecular weight excluding hydrogens is 180 g/mol. The van der Waals surface area contributed by atoms with Gasteiger partial charge < -0.3 is 15.0 Å². The number of amides is 1. The summed E-state index contributed by atoms with van der Waals surface area (Å²) >= 11 is 0. The molecule has 4 nitrogen and oxygen atoms in total. The second-order valence-corrected chi connectivity index (χ2v) is 4.09. The molecule has 2 bridgehead atoms. The molecule has 0 saturated carbocycles. The Morgan fingerprint density at radius 1 is 1.43 bits per heavy atom. The van der Waals surface area contributed by atoms with Crippen LogP contribution in [0.1, 0.15) is 19.3 Å². The Morgan fingerprint density at radius 3 is 2.64 bits per heavy atom. The normalized spacial score (nSPS) is 30.8. The predicted octanol–water partition coefficient (Wildman–Crippen LogP) is -0.0143. The van der Waals surface area contributed by atoms with Crippen molar-refractivity contribution in [2.24, 2.45) is 0 Å². The van der Waals surface area contributed by atoms with E-state index in [9.17, 15) is 4.79 Å². The zero-order valence-electron chi connectivity index (χ0n) is 8.66. The van der Waals surface area contributed by atoms with Crippen LogP contribution >= 0.6 is 0 Å². The molecule has 2 rings (SSSR count). The van der Waals surface area contributed by atoms with Gasteiger partial charge >= 0.3 is 0 Å². The van der Waals surface area contributed by atoms with Gasteiger partial charge in [-0.15, -0.1) is 0 Å². The number of carbonyl (C=O) groups excluding carboxylic acids is 1. The molecule has 0 aromatic heterocycles. The molecule has 80 valence electrons. The van der Waals surface area contributed by atoms with Gasteiger partial charge in [0, 0.05) is 32.3 Å². The number of piperazine rings is 1. The van der Waals surface area contributed by atoms with E-state index in [1.807, 2.05) is 0 Å². The SMILES string of the molecule is COCCC(=O)N1C2CCC1CNC2. The van der Waals surface area contributed by atoms with Gasteiger partial charge in [0.1, 0.15) is 0 Å². The lowest BCUT2D eigenvalue weighted by atomic mass is 10.2. The smallest absolute Gasteiger partial charge is 0.225 e. The van der Waals surface area contributed by atoms with Crippen LogP contribution in [0.4, 0.5) is 0 Å². The summed E-state index contributed by atoms with van der Waals surface area (Å²) < 4.78 is 4.93. The summed E-state index contributed by atoms with van der Waals surface area (Å²) in [4.78, 5) is 13.9. The fourth-order valence-electron chi connectivity index (χ4n) is 2.50. The third-order valence-corrected chi connectivity index (χ3v) is 3.19. The van der Waals surface area contributed by atoms with E-state index >= 15 is 0 Å². The number of nitrogens with one attached hydrogen (secondary N) is 1. The average molecular weight is 198 g/mol. The van der Waals surface area contributed by atoms with Crippen LogP contribution in [0.2, 0.25) is 0 Å². The first-order valence-electron chi connectivity index (χ1n) is 5.33. The quantitative estimate of drug-likeness (QED) is 0.693. The third kappa shape index (κ3) is 1.77. The topological polar surface area (TPSA) is 41.6 Å². The molecule has 0 radical (unpaired) electrons. The molecule has 2 fully saturated rings. The molecule has 2 unspecified atom stereocenters. The fourth-order valence-corrected chi connectivity index (χ4v) is 2.50. The predicted molar refractivity (Wildman–Crippen MR) is 53.0 cm³/mol. The second kappa shape index (κ2) is 4.28. The van der Waals surface area contributed by atoms with Gasteiger partial charge in [0.05, 0.1) is 13.0 Å². The van der Waals surface area contributed by atoms with Gasteiger partial charge in [0.2, 0.25) is 5.91 Å². The van der Waals surface area contributed by atoms with E-state index in [1.165, 1.54) is 0 Å². The van der Waals surface area contributed by atoms with Crippen LogP contribution in [0.15, 0.2) is 0 Å². The molecule has 2 atom stereocenters. The Morgan fingerprint density at radius 2 is 2.07 bits per heavy atom. The Labute approximate surface area is 84.6 Å². The number of ether oxygens (including phenoxy) is 1. The van der Waals surface area contributed by atoms with Crippen molar-refractivity contribution in [2.75, 3.05) is 26.8 Å². The van der Waals surface area contributed by atoms with Gasteiger partial charge in [-0.25, -0.2) is 0 Å². The van der Waals surface area contributed by atoms with Gasteiger partial charge in [-0.05, 0) is 12.8 Å². The first-order chi connectivity index (χ1) is 6.83. The molecule has 1 amide bonds. The van der Waals surface area contributed by atoms with Crippen molar-refractivity contribution in [1.29, 1.82) is 0 Å². The average Bonchev–Trinajstić information content (AvgIpc) is 2.45. The van der Waals surface area contributed by atoms with E-state index < -0.39 is 0 Å². The minimum absolute atomic E-state index is 0.265. The fraction of sp³-hybridized carbons (Fsp3) is 0.900. The van der Waals surface area contributed by atoms with E-state index in [1.54, 1.807) is 7.11 Å². The minimum Gasteiger partial charge on any atom is -0.384 e. The number of hydrogen-bond acceptors (Lipinski definition) is 3. The summed E-state index contributed by atoms with van der Waals surface area (Å²) in [7, 11) is 1.64. The number of nitrogens with zero attached hydrogens (tertiary/aromatic N) is 1. The number of rotatable bonds is 3. The van der Waals surface area contributed by atoms with Crippen molar-refractivity contribution >= 4 is 5.91 Å². The number of carbonyl (C=O) groups is 1. The molecule has 2 aliphatic rings. The number of methoxy groups -OCH3 is 1. The van der Waals surface area contributed by atoms with Gasteiger partial charge in [-0.3, -0.25) is 4.79 Å². The van der Waals surface area contributed by atoms with Gasteiger partial charge in [-0.2, -0.15) is 0 Å². The Bertz CT molecular complexity index is 204. The monoisotopic (exact) mass is 198 g/mol. The van der Waals surface area contributed by atoms with E-state index in [2.05, 4.69) is 10.2 Å². The highest BCUT2D eigenvalue weighted by molar-refractivity contribution is 5.77. The van der Waals surface area contributed by atoms with Crippen molar-refractivity contribution in [1.82, 2.24) is 10.2 Å². The molecule has 0 aromatic carbocycles. The van der Waals surface area contributed by atoms with Crippen molar-refractivity contribution in [2.45, 2.75) is 31.3 Å². The Balaban J connectivity index is 1.93. The molecule has 4 heteroatoms. The van der Waals surface area contributed by atoms with E-state index in [0.717, 1.165) is 25.9 Å². The van der Waals surface area contributed by atoms with Crippen LogP contribution in [0.3, 0.4) is 0 Å². The summed E-state index contributed by atoms with van der Waals surface area (Å²) in [6.45, 7) is 2.48. The van der Waals surface area contributed by atoms with E-state index in [4.69, 9.17) is 4.74 Å². The summed E-state index contributed by atoms with van der Waals surface area (Å²) in [6.07, 6.45) is 2.86. The Hall–Kier alpha value is -0.610. The van der Waals surface area contributed by atoms with Gasteiger partial charge in [0.15, 0.2) is 0 Å². The van der Waals surface area contributed by atoms with Crippen molar-refractivity contribution in [3.8, 4) is 0 Å². The highest BCUT2D eigenvalue weighted by atomic mass is 16.5. The summed E-state index contributed by atoms with van der Waals surface area (Å²) in [5.74, 6) is 0.265. The Kier molecular flexibility index (Phi) is 3.03. The van der Waals surface area contributed by atoms with Crippen LogP contribution in [0, 0.1) is 0 Å². The van der Waals surface area contributed by atoms with Crippen LogP contribution in [-0.2, 0) is 9.53 Å². The molecule has 1 N–H and O–H groups in total. The molecule has 2 aliphatic heterocycles. The molecule has 2 saturated heterocycles. The largest absolute Gasteiger partial charge is 0.384 e. The zero-order chi connectivity index (χ0) is 9.97. The highest BCUT2D eigenvalue weighted by Crippen LogP contribution is 2.26. The zero-order valence-corrected chi connectivity index (χ0v) is 8.66. The standard InChI is InChI=1S/C10H18N2O2/c1-14-5-4-10(13)12-8-2-3-9(12)7-11-6-8/h8-9,11H,2-7H2,1H3. The van der Waals surface area contributed by atoms with Crippen LogP contribution < -0.4 is 5.32 Å². The number of fused-ring (bicyclic) bond motifs is 2. The first-order valence-corrected chi connectivity index (χ1v) is 5.33. The van der Waals surface area contributed by atoms with Crippen molar-refractivity contribution in [3.05, 3.63) is 0 Å². The lowest BCUT2D eigenvalue weighted by molar-refractivity contribution is -0.135. The lowest BCUT2D eigenvalue weighted by Gasteiger charge is -2.35. The number of hydrogen-bond donors (Lipinski definition) is 1. The molecule has 0 spiro atoms. The van der Waals surface area contributed by atoms with E-state index in [0.29, 0.717) is 25.1 Å². The maximum Gasteiger partial charge on any atom is 0.225 e. The van der Waals surface area contributed by atoms with Gasteiger partial charge in [-0.1, -0.05) is 0 Å². The third-order valence-electron chi connectivity index (χ3n) is 3.19. The molecule has 0 aromatic rings. The van der Waals surface area contributed by atoms with Crippen LogP contribution in [0.25, 0.3) is 0 Å². The summed E-state index contributed by atoms with van der Waals surface area (Å²) in [5, 5.41) is 3.36. The van der Waals surface area contributed by atoms with E-state index in [-0.39, 0.29) is 5.91 Å². The van der Waals surface area contributed by atoms with Gasteiger partial charge in [0.25, 0.3) is 0 Å². The maximum atomic E-state index is 11.8. The minimum atomic E-state index is 0.265.